The third kappa shape index (κ3) is 3.58. The second-order valence-electron chi connectivity index (χ2n) is 7.24. The second-order valence-corrected chi connectivity index (χ2v) is 10.4. The summed E-state index contributed by atoms with van der Waals surface area (Å²) in [6, 6.07) is 14.8. The van der Waals surface area contributed by atoms with Crippen molar-refractivity contribution in [2.24, 2.45) is 4.99 Å². The molecular weight excluding hydrogens is 452 g/mol. The van der Waals surface area contributed by atoms with E-state index < -0.39 is 10.0 Å². The largest absolute Gasteiger partial charge is 0.302 e. The van der Waals surface area contributed by atoms with Gasteiger partial charge >= 0.3 is 0 Å². The van der Waals surface area contributed by atoms with E-state index in [1.807, 2.05) is 43.5 Å². The van der Waals surface area contributed by atoms with Crippen molar-refractivity contribution < 1.29 is 8.42 Å². The number of aliphatic imine (C=N–C) groups is 1. The zero-order valence-corrected chi connectivity index (χ0v) is 19.1. The number of benzene rings is 2. The van der Waals surface area contributed by atoms with Gasteiger partial charge in [-0.25, -0.2) is 13.4 Å². The van der Waals surface area contributed by atoms with Crippen LogP contribution in [-0.4, -0.2) is 35.9 Å². The van der Waals surface area contributed by atoms with Gasteiger partial charge < -0.3 is 4.40 Å². The number of nitrogens with zero attached hydrogens (tertiary/aromatic N) is 3. The Kier molecular flexibility index (Phi) is 5.16. The molecule has 4 aromatic rings. The van der Waals surface area contributed by atoms with Crippen molar-refractivity contribution in [3.8, 4) is 0 Å². The molecule has 0 atom stereocenters. The maximum Gasteiger partial charge on any atom is 0.263 e. The number of sulfonamides is 1. The van der Waals surface area contributed by atoms with Gasteiger partial charge in [0.2, 0.25) is 0 Å². The first-order valence-electron chi connectivity index (χ1n) is 9.75. The minimum absolute atomic E-state index is 0.287. The van der Waals surface area contributed by atoms with E-state index in [1.165, 1.54) is 0 Å². The van der Waals surface area contributed by atoms with Crippen molar-refractivity contribution in [2.75, 3.05) is 12.3 Å². The van der Waals surface area contributed by atoms with E-state index in [2.05, 4.69) is 14.1 Å². The Hall–Kier alpha value is -2.55. The molecule has 2 aromatic heterocycles. The second kappa shape index (κ2) is 7.85. The molecule has 1 N–H and O–H groups in total. The van der Waals surface area contributed by atoms with Crippen LogP contribution in [0.1, 0.15) is 17.0 Å². The van der Waals surface area contributed by atoms with Gasteiger partial charge in [-0.15, -0.1) is 0 Å². The molecule has 158 valence electrons. The fourth-order valence-corrected chi connectivity index (χ4v) is 6.19. The van der Waals surface area contributed by atoms with Crippen LogP contribution in [0.15, 0.2) is 64.6 Å². The summed E-state index contributed by atoms with van der Waals surface area (Å²) >= 11 is 8.07. The summed E-state index contributed by atoms with van der Waals surface area (Å²) in [5, 5.41) is 2.75. The lowest BCUT2D eigenvalue weighted by atomic mass is 10.2. The predicted molar refractivity (Wildman–Crippen MR) is 127 cm³/mol. The molecule has 0 saturated heterocycles. The Morgan fingerprint density at radius 2 is 1.97 bits per heavy atom. The van der Waals surface area contributed by atoms with Crippen LogP contribution < -0.4 is 4.72 Å². The quantitative estimate of drug-likeness (QED) is 0.438. The molecule has 0 saturated carbocycles. The van der Waals surface area contributed by atoms with E-state index in [4.69, 9.17) is 16.6 Å². The smallest absolute Gasteiger partial charge is 0.263 e. The van der Waals surface area contributed by atoms with Gasteiger partial charge in [-0.05, 0) is 31.2 Å². The monoisotopic (exact) mass is 470 g/mol. The molecule has 2 aromatic carbocycles. The summed E-state index contributed by atoms with van der Waals surface area (Å²) in [5.74, 6) is 1.97. The molecule has 6 nitrogen and oxygen atoms in total. The lowest BCUT2D eigenvalue weighted by Gasteiger charge is -2.06. The van der Waals surface area contributed by atoms with Gasteiger partial charge in [-0.1, -0.05) is 35.9 Å². The van der Waals surface area contributed by atoms with Gasteiger partial charge in [0.05, 0.1) is 22.8 Å². The SMILES string of the molecule is Cc1nc2c3cccc(Cl)c3ccn2c1CSCCN=C1NS(=O)(=O)c2ccccc21. The number of hydrogen-bond acceptors (Lipinski definition) is 5. The number of hydrogen-bond donors (Lipinski definition) is 1. The lowest BCUT2D eigenvalue weighted by Crippen LogP contribution is -2.22. The highest BCUT2D eigenvalue weighted by Crippen LogP contribution is 2.29. The van der Waals surface area contributed by atoms with Gasteiger partial charge in [0.1, 0.15) is 11.5 Å². The Balaban J connectivity index is 1.31. The Morgan fingerprint density at radius 1 is 1.13 bits per heavy atom. The summed E-state index contributed by atoms with van der Waals surface area (Å²) in [7, 11) is -3.49. The summed E-state index contributed by atoms with van der Waals surface area (Å²) < 4.78 is 29.0. The van der Waals surface area contributed by atoms with Gasteiger partial charge in [-0.2, -0.15) is 11.8 Å². The number of imidazole rings is 1. The van der Waals surface area contributed by atoms with Crippen LogP contribution >= 0.6 is 23.4 Å². The average molecular weight is 471 g/mol. The molecule has 0 unspecified atom stereocenters. The molecule has 5 rings (SSSR count). The molecule has 0 aliphatic carbocycles. The Bertz CT molecular complexity index is 1460. The molecule has 9 heteroatoms. The maximum atomic E-state index is 12.2. The highest BCUT2D eigenvalue weighted by molar-refractivity contribution is 7.98. The number of nitrogens with one attached hydrogen (secondary N) is 1. The summed E-state index contributed by atoms with van der Waals surface area (Å²) in [4.78, 5) is 9.54. The zero-order valence-electron chi connectivity index (χ0n) is 16.7. The maximum absolute atomic E-state index is 12.2. The van der Waals surface area contributed by atoms with Crippen molar-refractivity contribution >= 4 is 55.6 Å². The third-order valence-electron chi connectivity index (χ3n) is 5.30. The molecule has 0 amide bonds. The average Bonchev–Trinajstić information content (AvgIpc) is 3.21. The van der Waals surface area contributed by atoms with Gasteiger partial charge in [0.15, 0.2) is 0 Å². The normalized spacial score (nSPS) is 16.1. The van der Waals surface area contributed by atoms with Crippen molar-refractivity contribution in [1.29, 1.82) is 0 Å². The van der Waals surface area contributed by atoms with E-state index in [1.54, 1.807) is 30.0 Å². The molecular formula is C22H19ClN4O2S2. The fourth-order valence-electron chi connectivity index (χ4n) is 3.80. The number of thioether (sulfide) groups is 1. The molecule has 0 radical (unpaired) electrons. The molecule has 1 aliphatic rings. The van der Waals surface area contributed by atoms with Crippen LogP contribution in [0, 0.1) is 6.92 Å². The number of aromatic nitrogens is 2. The van der Waals surface area contributed by atoms with Crippen molar-refractivity contribution in [1.82, 2.24) is 14.1 Å². The third-order valence-corrected chi connectivity index (χ3v) is 7.98. The van der Waals surface area contributed by atoms with E-state index in [-0.39, 0.29) is 4.90 Å². The van der Waals surface area contributed by atoms with Crippen LogP contribution in [0.2, 0.25) is 5.02 Å². The fraction of sp³-hybridized carbons (Fsp3) is 0.182. The lowest BCUT2D eigenvalue weighted by molar-refractivity contribution is 0.595. The van der Waals surface area contributed by atoms with Gasteiger partial charge in [0.25, 0.3) is 10.0 Å². The zero-order chi connectivity index (χ0) is 21.6. The number of aryl methyl sites for hydroxylation is 1. The van der Waals surface area contributed by atoms with Crippen LogP contribution in [0.5, 0.6) is 0 Å². The van der Waals surface area contributed by atoms with Gasteiger partial charge in [-0.3, -0.25) is 9.71 Å². The summed E-state index contributed by atoms with van der Waals surface area (Å²) in [6.07, 6.45) is 2.02. The molecule has 0 fully saturated rings. The first-order chi connectivity index (χ1) is 15.0. The van der Waals surface area contributed by atoms with Crippen molar-refractivity contribution in [3.63, 3.8) is 0 Å². The summed E-state index contributed by atoms with van der Waals surface area (Å²) in [6.45, 7) is 2.54. The Morgan fingerprint density at radius 3 is 2.84 bits per heavy atom. The van der Waals surface area contributed by atoms with E-state index >= 15 is 0 Å². The standard InChI is InChI=1S/C22H19ClN4O2S2/c1-14-19(27-11-9-15-16(22(27)25-14)6-4-7-18(15)23)13-30-12-10-24-21-17-5-2-3-8-20(17)31(28,29)26-21/h2-9,11H,10,12-13H2,1H3,(H,24,26). The van der Waals surface area contributed by atoms with Crippen LogP contribution in [0.25, 0.3) is 16.4 Å². The number of amidine groups is 1. The predicted octanol–water partition coefficient (Wildman–Crippen LogP) is 4.42. The Labute approximate surface area is 189 Å². The molecule has 1 aliphatic heterocycles. The van der Waals surface area contributed by atoms with Gasteiger partial charge in [0, 0.05) is 39.1 Å². The minimum atomic E-state index is -3.49. The topological polar surface area (TPSA) is 75.8 Å². The van der Waals surface area contributed by atoms with Crippen molar-refractivity contribution in [2.45, 2.75) is 17.6 Å². The van der Waals surface area contributed by atoms with Crippen LogP contribution in [0.3, 0.4) is 0 Å². The highest BCUT2D eigenvalue weighted by Gasteiger charge is 2.29. The van der Waals surface area contributed by atoms with E-state index in [0.29, 0.717) is 17.9 Å². The highest BCUT2D eigenvalue weighted by atomic mass is 35.5. The first-order valence-corrected chi connectivity index (χ1v) is 12.8. The van der Waals surface area contributed by atoms with E-state index in [9.17, 15) is 8.42 Å². The molecule has 31 heavy (non-hydrogen) atoms. The molecule has 0 bridgehead atoms. The minimum Gasteiger partial charge on any atom is -0.302 e. The van der Waals surface area contributed by atoms with Crippen LogP contribution in [-0.2, 0) is 15.8 Å². The molecule has 0 spiro atoms. The first kappa shape index (κ1) is 20.4. The molecule has 3 heterocycles. The van der Waals surface area contributed by atoms with Crippen LogP contribution in [0.4, 0.5) is 0 Å². The number of pyridine rings is 1. The summed E-state index contributed by atoms with van der Waals surface area (Å²) in [5.41, 5.74) is 3.67. The van der Waals surface area contributed by atoms with Crippen molar-refractivity contribution in [3.05, 3.63) is 76.7 Å². The number of fused-ring (bicyclic) bond motifs is 4. The number of halogens is 1. The van der Waals surface area contributed by atoms with E-state index in [0.717, 1.165) is 44.3 Å². The number of rotatable bonds is 5.